The number of hydrogen-bond acceptors (Lipinski definition) is 4. The number of aliphatic carboxylic acids is 1. The summed E-state index contributed by atoms with van der Waals surface area (Å²) in [5.74, 6) is -1.33. The number of carbonyl (C=O) groups excluding carboxylic acids is 2. The van der Waals surface area contributed by atoms with E-state index in [0.29, 0.717) is 0 Å². The minimum atomic E-state index is -1.10. The summed E-state index contributed by atoms with van der Waals surface area (Å²) in [5, 5.41) is 13.9. The van der Waals surface area contributed by atoms with E-state index in [1.54, 1.807) is 0 Å². The van der Waals surface area contributed by atoms with Gasteiger partial charge in [0, 0.05) is 18.2 Å². The average Bonchev–Trinajstić information content (AvgIpc) is 2.12. The van der Waals surface area contributed by atoms with Crippen LogP contribution in [0.2, 0.25) is 0 Å². The lowest BCUT2D eigenvalue weighted by molar-refractivity contribution is -0.140. The number of amides is 2. The van der Waals surface area contributed by atoms with E-state index in [1.165, 1.54) is 18.7 Å². The van der Waals surface area contributed by atoms with Crippen molar-refractivity contribution < 1.29 is 19.5 Å². The van der Waals surface area contributed by atoms with Gasteiger partial charge in [-0.15, -0.1) is 11.8 Å². The highest BCUT2D eigenvalue weighted by Gasteiger charge is 2.19. The molecule has 2 amide bonds. The smallest absolute Gasteiger partial charge is 0.327 e. The molecule has 0 saturated heterocycles. The summed E-state index contributed by atoms with van der Waals surface area (Å²) in [6.07, 6.45) is 0. The third-order valence-corrected chi connectivity index (χ3v) is 2.74. The standard InChI is InChI=1S/C11H20N2O4S/c1-7(14)12-8(10(16)17)5-18-6-9(15)13-11(2,3)4/h8H,5-6H2,1-4H3,(H,12,14)(H,13,15)(H,16,17)/t8-/m0/s1. The second-order valence-electron chi connectivity index (χ2n) is 4.90. The fraction of sp³-hybridized carbons (Fsp3) is 0.727. The van der Waals surface area contributed by atoms with Crippen LogP contribution in [0, 0.1) is 0 Å². The molecule has 0 fully saturated rings. The van der Waals surface area contributed by atoms with Gasteiger partial charge in [-0.05, 0) is 20.8 Å². The normalized spacial score (nSPS) is 12.7. The Morgan fingerprint density at radius 3 is 2.22 bits per heavy atom. The van der Waals surface area contributed by atoms with Crippen molar-refractivity contribution in [2.75, 3.05) is 11.5 Å². The molecule has 0 spiro atoms. The van der Waals surface area contributed by atoms with Crippen molar-refractivity contribution in [2.24, 2.45) is 0 Å². The number of carboxylic acids is 1. The molecular weight excluding hydrogens is 256 g/mol. The lowest BCUT2D eigenvalue weighted by atomic mass is 10.1. The zero-order valence-corrected chi connectivity index (χ0v) is 11.9. The van der Waals surface area contributed by atoms with Gasteiger partial charge in [0.25, 0.3) is 0 Å². The monoisotopic (exact) mass is 276 g/mol. The van der Waals surface area contributed by atoms with Crippen molar-refractivity contribution in [1.29, 1.82) is 0 Å². The predicted molar refractivity (Wildman–Crippen MR) is 70.5 cm³/mol. The quantitative estimate of drug-likeness (QED) is 0.645. The number of nitrogens with one attached hydrogen (secondary N) is 2. The van der Waals surface area contributed by atoms with Crippen molar-refractivity contribution >= 4 is 29.5 Å². The van der Waals surface area contributed by atoms with E-state index in [9.17, 15) is 14.4 Å². The first-order valence-corrected chi connectivity index (χ1v) is 6.66. The van der Waals surface area contributed by atoms with Gasteiger partial charge in [0.2, 0.25) is 11.8 Å². The van der Waals surface area contributed by atoms with Gasteiger partial charge in [-0.1, -0.05) is 0 Å². The van der Waals surface area contributed by atoms with Gasteiger partial charge in [-0.25, -0.2) is 4.79 Å². The maximum atomic E-state index is 11.5. The Hall–Kier alpha value is -1.24. The van der Waals surface area contributed by atoms with E-state index < -0.39 is 17.9 Å². The SMILES string of the molecule is CC(=O)N[C@@H](CSCC(=O)NC(C)(C)C)C(=O)O. The average molecular weight is 276 g/mol. The van der Waals surface area contributed by atoms with Crippen molar-refractivity contribution in [3.8, 4) is 0 Å². The van der Waals surface area contributed by atoms with Crippen LogP contribution in [0.15, 0.2) is 0 Å². The first-order valence-electron chi connectivity index (χ1n) is 5.50. The zero-order chi connectivity index (χ0) is 14.3. The highest BCUT2D eigenvalue weighted by Crippen LogP contribution is 2.05. The van der Waals surface area contributed by atoms with E-state index in [4.69, 9.17) is 5.11 Å². The Bertz CT molecular complexity index is 325. The second-order valence-corrected chi connectivity index (χ2v) is 5.93. The van der Waals surface area contributed by atoms with Crippen LogP contribution in [-0.4, -0.2) is 46.0 Å². The van der Waals surface area contributed by atoms with Crippen molar-refractivity contribution in [3.63, 3.8) is 0 Å². The molecule has 0 aromatic carbocycles. The van der Waals surface area contributed by atoms with Gasteiger partial charge in [0.15, 0.2) is 0 Å². The minimum absolute atomic E-state index is 0.153. The van der Waals surface area contributed by atoms with Crippen LogP contribution in [0.4, 0.5) is 0 Å². The summed E-state index contributed by atoms with van der Waals surface area (Å²) in [5.41, 5.74) is -0.304. The van der Waals surface area contributed by atoms with Gasteiger partial charge >= 0.3 is 5.97 Å². The van der Waals surface area contributed by atoms with E-state index in [1.807, 2.05) is 20.8 Å². The highest BCUT2D eigenvalue weighted by atomic mass is 32.2. The molecule has 0 aromatic rings. The first kappa shape index (κ1) is 16.8. The molecule has 0 saturated carbocycles. The third kappa shape index (κ3) is 8.86. The Kier molecular flexibility index (Phi) is 6.75. The summed E-state index contributed by atoms with van der Waals surface area (Å²) in [4.78, 5) is 33.1. The maximum Gasteiger partial charge on any atom is 0.327 e. The Balaban J connectivity index is 4.03. The number of thioether (sulfide) groups is 1. The number of rotatable bonds is 6. The van der Waals surface area contributed by atoms with Gasteiger partial charge in [-0.3, -0.25) is 9.59 Å². The number of carboxylic acid groups (broad SMARTS) is 1. The molecule has 1 atom stereocenters. The van der Waals surface area contributed by atoms with Crippen LogP contribution >= 0.6 is 11.8 Å². The molecule has 7 heteroatoms. The van der Waals surface area contributed by atoms with Crippen molar-refractivity contribution in [1.82, 2.24) is 10.6 Å². The van der Waals surface area contributed by atoms with Gasteiger partial charge in [-0.2, -0.15) is 0 Å². The van der Waals surface area contributed by atoms with E-state index in [2.05, 4.69) is 10.6 Å². The van der Waals surface area contributed by atoms with Gasteiger partial charge in [0.05, 0.1) is 5.75 Å². The minimum Gasteiger partial charge on any atom is -0.480 e. The summed E-state index contributed by atoms with van der Waals surface area (Å²) in [6, 6.07) is -0.963. The van der Waals surface area contributed by atoms with Crippen LogP contribution in [0.3, 0.4) is 0 Å². The fourth-order valence-electron chi connectivity index (χ4n) is 1.14. The van der Waals surface area contributed by atoms with E-state index in [-0.39, 0.29) is 23.0 Å². The van der Waals surface area contributed by atoms with Crippen LogP contribution in [0.25, 0.3) is 0 Å². The molecule has 0 radical (unpaired) electrons. The summed E-state index contributed by atoms with van der Waals surface area (Å²) >= 11 is 1.17. The lowest BCUT2D eigenvalue weighted by Crippen LogP contribution is -2.43. The first-order chi connectivity index (χ1) is 8.11. The Morgan fingerprint density at radius 1 is 1.28 bits per heavy atom. The van der Waals surface area contributed by atoms with E-state index in [0.717, 1.165) is 0 Å². The summed E-state index contributed by atoms with van der Waals surface area (Å²) < 4.78 is 0. The zero-order valence-electron chi connectivity index (χ0n) is 11.1. The maximum absolute atomic E-state index is 11.5. The Morgan fingerprint density at radius 2 is 1.83 bits per heavy atom. The number of carbonyl (C=O) groups is 3. The molecule has 0 heterocycles. The van der Waals surface area contributed by atoms with Crippen molar-refractivity contribution in [3.05, 3.63) is 0 Å². The van der Waals surface area contributed by atoms with Gasteiger partial charge in [0.1, 0.15) is 6.04 Å². The molecule has 0 unspecified atom stereocenters. The van der Waals surface area contributed by atoms with Crippen molar-refractivity contribution in [2.45, 2.75) is 39.3 Å². The summed E-state index contributed by atoms with van der Waals surface area (Å²) in [7, 11) is 0. The molecule has 3 N–H and O–H groups in total. The Labute approximate surface area is 111 Å². The molecule has 0 rings (SSSR count). The van der Waals surface area contributed by atoms with E-state index >= 15 is 0 Å². The number of hydrogen-bond donors (Lipinski definition) is 3. The molecule has 6 nitrogen and oxygen atoms in total. The van der Waals surface area contributed by atoms with Crippen LogP contribution in [-0.2, 0) is 14.4 Å². The second kappa shape index (κ2) is 7.25. The lowest BCUT2D eigenvalue weighted by Gasteiger charge is -2.20. The molecule has 0 bridgehead atoms. The molecule has 0 aromatic heterocycles. The predicted octanol–water partition coefficient (Wildman–Crippen LogP) is 0.224. The molecule has 0 aliphatic heterocycles. The molecule has 18 heavy (non-hydrogen) atoms. The van der Waals surface area contributed by atoms with Crippen LogP contribution < -0.4 is 10.6 Å². The third-order valence-electron chi connectivity index (χ3n) is 1.71. The van der Waals surface area contributed by atoms with Crippen LogP contribution in [0.5, 0.6) is 0 Å². The topological polar surface area (TPSA) is 95.5 Å². The highest BCUT2D eigenvalue weighted by molar-refractivity contribution is 8.00. The molecular formula is C11H20N2O4S. The summed E-state index contributed by atoms with van der Waals surface area (Å²) in [6.45, 7) is 6.86. The molecule has 104 valence electrons. The van der Waals surface area contributed by atoms with Gasteiger partial charge < -0.3 is 15.7 Å². The van der Waals surface area contributed by atoms with Crippen LogP contribution in [0.1, 0.15) is 27.7 Å². The molecule has 0 aliphatic rings. The molecule has 0 aliphatic carbocycles. The fourth-order valence-corrected chi connectivity index (χ4v) is 1.98. The largest absolute Gasteiger partial charge is 0.480 e.